The van der Waals surface area contributed by atoms with Crippen molar-refractivity contribution in [1.29, 1.82) is 0 Å². The number of carbonyl (C=O) groups excluding carboxylic acids is 1. The second-order valence-corrected chi connectivity index (χ2v) is 7.52. The number of amidine groups is 1. The van der Waals surface area contributed by atoms with Gasteiger partial charge in [-0.2, -0.15) is 4.37 Å². The largest absolute Gasteiger partial charge is 0.380 e. The molecular weight excluding hydrogens is 397 g/mol. The fourth-order valence-electron chi connectivity index (χ4n) is 1.59. The highest BCUT2D eigenvalue weighted by Gasteiger charge is 2.22. The number of benzene rings is 1. The van der Waals surface area contributed by atoms with Gasteiger partial charge in [0, 0.05) is 10.6 Å². The first kappa shape index (κ1) is 18.4. The second-order valence-electron chi connectivity index (χ2n) is 4.04. The minimum atomic E-state index is -0.611. The van der Waals surface area contributed by atoms with Gasteiger partial charge in [-0.15, -0.1) is 23.5 Å². The van der Waals surface area contributed by atoms with Crippen LogP contribution in [0.1, 0.15) is 15.9 Å². The number of nitrogens with two attached hydrogens (primary N) is 1. The molecule has 0 saturated carbocycles. The van der Waals surface area contributed by atoms with Gasteiger partial charge in [0.15, 0.2) is 5.84 Å². The van der Waals surface area contributed by atoms with Gasteiger partial charge in [-0.05, 0) is 42.2 Å². The molecule has 0 unspecified atom stereocenters. The molecule has 2 rings (SSSR count). The minimum Gasteiger partial charge on any atom is -0.380 e. The van der Waals surface area contributed by atoms with E-state index in [0.717, 1.165) is 4.21 Å². The Hall–Kier alpha value is -0.930. The average Bonchev–Trinajstić information content (AvgIpc) is 2.95. The van der Waals surface area contributed by atoms with Gasteiger partial charge in [0.2, 0.25) is 0 Å². The summed E-state index contributed by atoms with van der Waals surface area (Å²) in [5.41, 5.74) is 6.64. The summed E-state index contributed by atoms with van der Waals surface area (Å²) in [4.78, 5) is 17.2. The summed E-state index contributed by atoms with van der Waals surface area (Å²) in [5.74, 6) is -0.625. The van der Waals surface area contributed by atoms with E-state index in [4.69, 9.17) is 33.8 Å². The van der Waals surface area contributed by atoms with Crippen LogP contribution in [0.25, 0.3) is 0 Å². The molecule has 2 aromatic rings. The van der Waals surface area contributed by atoms with Crippen molar-refractivity contribution in [2.24, 2.45) is 10.9 Å². The van der Waals surface area contributed by atoms with Gasteiger partial charge in [-0.1, -0.05) is 28.4 Å². The van der Waals surface area contributed by atoms with E-state index >= 15 is 0 Å². The van der Waals surface area contributed by atoms with Crippen molar-refractivity contribution in [3.8, 4) is 0 Å². The van der Waals surface area contributed by atoms with Gasteiger partial charge in [-0.3, -0.25) is 0 Å². The Balaban J connectivity index is 2.22. The van der Waals surface area contributed by atoms with Crippen LogP contribution in [0.2, 0.25) is 10.0 Å². The molecule has 122 valence electrons. The molecule has 23 heavy (non-hydrogen) atoms. The fraction of sp³-hybridized carbons (Fsp3) is 0.154. The molecule has 0 saturated heterocycles. The summed E-state index contributed by atoms with van der Waals surface area (Å²) in [6, 6.07) is 4.75. The fourth-order valence-corrected chi connectivity index (χ4v) is 4.35. The topological polar surface area (TPSA) is 77.6 Å². The molecule has 10 heteroatoms. The van der Waals surface area contributed by atoms with E-state index in [1.807, 2.05) is 12.5 Å². The lowest BCUT2D eigenvalue weighted by Gasteiger charge is -2.04. The molecule has 0 atom stereocenters. The van der Waals surface area contributed by atoms with Crippen LogP contribution in [0.3, 0.4) is 0 Å². The van der Waals surface area contributed by atoms with Crippen LogP contribution in [0.5, 0.6) is 0 Å². The maximum Gasteiger partial charge on any atom is 0.370 e. The van der Waals surface area contributed by atoms with E-state index in [1.54, 1.807) is 12.1 Å². The number of hydrogen-bond donors (Lipinski definition) is 1. The Bertz CT molecular complexity index is 743. The predicted octanol–water partition coefficient (Wildman–Crippen LogP) is 4.37. The van der Waals surface area contributed by atoms with Crippen LogP contribution >= 0.6 is 58.3 Å². The third-order valence-electron chi connectivity index (χ3n) is 2.65. The zero-order chi connectivity index (χ0) is 17.0. The molecule has 0 aliphatic rings. The third-order valence-corrected chi connectivity index (χ3v) is 5.93. The molecule has 0 aliphatic heterocycles. The molecular formula is C13H11Cl2N3O2S3. The normalized spacial score (nSPS) is 11.6. The number of oxime groups is 1. The molecule has 1 heterocycles. The zero-order valence-corrected chi connectivity index (χ0v) is 16.0. The zero-order valence-electron chi connectivity index (χ0n) is 12.0. The molecule has 2 N–H and O–H groups in total. The van der Waals surface area contributed by atoms with Crippen LogP contribution in [0.4, 0.5) is 0 Å². The van der Waals surface area contributed by atoms with Crippen molar-refractivity contribution in [2.45, 2.75) is 9.24 Å². The van der Waals surface area contributed by atoms with E-state index in [1.165, 1.54) is 41.1 Å². The summed E-state index contributed by atoms with van der Waals surface area (Å²) in [6.07, 6.45) is 3.70. The Labute approximate surface area is 155 Å². The highest BCUT2D eigenvalue weighted by molar-refractivity contribution is 8.01. The lowest BCUT2D eigenvalue weighted by atomic mass is 10.2. The molecule has 0 fully saturated rings. The maximum atomic E-state index is 12.2. The van der Waals surface area contributed by atoms with Crippen molar-refractivity contribution in [3.05, 3.63) is 39.4 Å². The van der Waals surface area contributed by atoms with E-state index < -0.39 is 5.97 Å². The Kier molecular flexibility index (Phi) is 6.60. The number of aromatic nitrogens is 1. The number of carbonyl (C=O) groups is 1. The highest BCUT2D eigenvalue weighted by Crippen LogP contribution is 2.33. The van der Waals surface area contributed by atoms with Crippen molar-refractivity contribution >= 4 is 70.1 Å². The SMILES string of the molecule is CSc1nsc(SC)c1C(=O)O/N=C(\N)c1ccc(Cl)cc1Cl. The maximum absolute atomic E-state index is 12.2. The van der Waals surface area contributed by atoms with E-state index in [9.17, 15) is 4.79 Å². The minimum absolute atomic E-state index is 0.0143. The first-order valence-electron chi connectivity index (χ1n) is 6.05. The molecule has 5 nitrogen and oxygen atoms in total. The summed E-state index contributed by atoms with van der Waals surface area (Å²) in [5, 5.41) is 5.06. The van der Waals surface area contributed by atoms with Crippen LogP contribution in [0, 0.1) is 0 Å². The molecule has 0 spiro atoms. The number of rotatable bonds is 5. The summed E-state index contributed by atoms with van der Waals surface area (Å²) in [6.45, 7) is 0. The van der Waals surface area contributed by atoms with Gasteiger partial charge in [0.25, 0.3) is 0 Å². The summed E-state index contributed by atoms with van der Waals surface area (Å²) >= 11 is 15.9. The standard InChI is InChI=1S/C13H11Cl2N3O2S3/c1-21-11-9(13(22-2)23-18-11)12(19)20-17-10(16)7-4-3-6(14)5-8(7)15/h3-5H,1-2H3,(H2,16,17). The summed E-state index contributed by atoms with van der Waals surface area (Å²) < 4.78 is 4.96. The summed E-state index contributed by atoms with van der Waals surface area (Å²) in [7, 11) is 0. The monoisotopic (exact) mass is 407 g/mol. The molecule has 1 aromatic carbocycles. The Morgan fingerprint density at radius 2 is 2.09 bits per heavy atom. The van der Waals surface area contributed by atoms with Crippen molar-refractivity contribution in [2.75, 3.05) is 12.5 Å². The van der Waals surface area contributed by atoms with Crippen LogP contribution in [-0.2, 0) is 4.84 Å². The average molecular weight is 408 g/mol. The van der Waals surface area contributed by atoms with Gasteiger partial charge >= 0.3 is 5.97 Å². The molecule has 0 aliphatic carbocycles. The number of halogens is 2. The van der Waals surface area contributed by atoms with Gasteiger partial charge in [0.1, 0.15) is 10.6 Å². The van der Waals surface area contributed by atoms with Crippen LogP contribution in [0.15, 0.2) is 32.6 Å². The van der Waals surface area contributed by atoms with Crippen molar-refractivity contribution < 1.29 is 9.63 Å². The number of thioether (sulfide) groups is 2. The Morgan fingerprint density at radius 1 is 1.35 bits per heavy atom. The number of hydrogen-bond acceptors (Lipinski definition) is 7. The molecule has 0 amide bonds. The Morgan fingerprint density at radius 3 is 2.70 bits per heavy atom. The van der Waals surface area contributed by atoms with Crippen LogP contribution in [-0.4, -0.2) is 28.7 Å². The quantitative estimate of drug-likeness (QED) is 0.260. The second kappa shape index (κ2) is 8.25. The molecule has 0 radical (unpaired) electrons. The van der Waals surface area contributed by atoms with E-state index in [0.29, 0.717) is 26.2 Å². The van der Waals surface area contributed by atoms with E-state index in [2.05, 4.69) is 9.53 Å². The van der Waals surface area contributed by atoms with Gasteiger partial charge < -0.3 is 10.6 Å². The van der Waals surface area contributed by atoms with E-state index in [-0.39, 0.29) is 5.84 Å². The molecule has 0 bridgehead atoms. The lowest BCUT2D eigenvalue weighted by molar-refractivity contribution is 0.0508. The van der Waals surface area contributed by atoms with Crippen molar-refractivity contribution in [3.63, 3.8) is 0 Å². The van der Waals surface area contributed by atoms with Gasteiger partial charge in [0.05, 0.1) is 9.23 Å². The number of nitrogens with zero attached hydrogens (tertiary/aromatic N) is 2. The van der Waals surface area contributed by atoms with Crippen LogP contribution < -0.4 is 5.73 Å². The molecule has 1 aromatic heterocycles. The lowest BCUT2D eigenvalue weighted by Crippen LogP contribution is -2.16. The predicted molar refractivity (Wildman–Crippen MR) is 98.3 cm³/mol. The smallest absolute Gasteiger partial charge is 0.370 e. The third kappa shape index (κ3) is 4.33. The van der Waals surface area contributed by atoms with Crippen molar-refractivity contribution in [1.82, 2.24) is 4.37 Å². The first-order chi connectivity index (χ1) is 11.0. The first-order valence-corrected chi connectivity index (χ1v) is 10.0. The highest BCUT2D eigenvalue weighted by atomic mass is 35.5. The van der Waals surface area contributed by atoms with Gasteiger partial charge in [-0.25, -0.2) is 4.79 Å².